The lowest BCUT2D eigenvalue weighted by atomic mass is 10.3. The second kappa shape index (κ2) is 6.42. The topological polar surface area (TPSA) is 101 Å². The number of anilines is 4. The van der Waals surface area contributed by atoms with Gasteiger partial charge in [0.05, 0.1) is 12.1 Å². The molecule has 8 nitrogen and oxygen atoms in total. The smallest absolute Gasteiger partial charge is 0.243 e. The number of methoxy groups -OCH3 is 1. The Kier molecular flexibility index (Phi) is 4.61. The van der Waals surface area contributed by atoms with E-state index in [1.165, 1.54) is 0 Å². The Balaban J connectivity index is 2.30. The molecular weight excluding hydrogens is 294 g/mol. The molecule has 2 rings (SSSR count). The number of nitrogen functional groups attached to an aromatic ring is 1. The van der Waals surface area contributed by atoms with Gasteiger partial charge in [0.25, 0.3) is 0 Å². The normalized spacial score (nSPS) is 10.1. The summed E-state index contributed by atoms with van der Waals surface area (Å²) in [6.45, 7) is 0. The van der Waals surface area contributed by atoms with Gasteiger partial charge in [-0.05, 0) is 18.2 Å². The minimum atomic E-state index is 0.260. The summed E-state index contributed by atoms with van der Waals surface area (Å²) in [4.78, 5) is 14.3. The molecule has 0 bridgehead atoms. The van der Waals surface area contributed by atoms with Gasteiger partial charge in [0.15, 0.2) is 0 Å². The maximum absolute atomic E-state index is 6.08. The molecule has 4 N–H and O–H groups in total. The Morgan fingerprint density at radius 3 is 2.48 bits per heavy atom. The van der Waals surface area contributed by atoms with Gasteiger partial charge in [0.1, 0.15) is 5.75 Å². The monoisotopic (exact) mass is 309 g/mol. The van der Waals surface area contributed by atoms with E-state index in [1.807, 2.05) is 14.1 Å². The summed E-state index contributed by atoms with van der Waals surface area (Å²) >= 11 is 6.08. The number of halogens is 1. The molecule has 0 spiro atoms. The van der Waals surface area contributed by atoms with Crippen LogP contribution >= 0.6 is 11.6 Å². The van der Waals surface area contributed by atoms with Crippen molar-refractivity contribution >= 4 is 35.1 Å². The van der Waals surface area contributed by atoms with Crippen molar-refractivity contribution in [3.63, 3.8) is 0 Å². The van der Waals surface area contributed by atoms with E-state index >= 15 is 0 Å². The predicted octanol–water partition coefficient (Wildman–Crippen LogP) is 1.63. The van der Waals surface area contributed by atoms with Crippen LogP contribution in [0.3, 0.4) is 0 Å². The summed E-state index contributed by atoms with van der Waals surface area (Å²) in [5.41, 5.74) is 3.13. The lowest BCUT2D eigenvalue weighted by molar-refractivity contribution is 0.415. The first kappa shape index (κ1) is 15.1. The largest absolute Gasteiger partial charge is 0.495 e. The summed E-state index contributed by atoms with van der Waals surface area (Å²) in [5, 5.41) is 3.53. The molecule has 0 aliphatic rings. The number of rotatable bonds is 5. The van der Waals surface area contributed by atoms with Gasteiger partial charge in [-0.15, -0.1) is 0 Å². The molecule has 0 saturated carbocycles. The van der Waals surface area contributed by atoms with E-state index in [9.17, 15) is 0 Å². The molecule has 112 valence electrons. The van der Waals surface area contributed by atoms with Crippen molar-refractivity contribution in [3.05, 3.63) is 23.2 Å². The first-order valence-electron chi connectivity index (χ1n) is 6.04. The van der Waals surface area contributed by atoms with E-state index < -0.39 is 0 Å². The zero-order chi connectivity index (χ0) is 15.4. The van der Waals surface area contributed by atoms with Crippen LogP contribution in [-0.2, 0) is 0 Å². The van der Waals surface area contributed by atoms with Gasteiger partial charge in [-0.3, -0.25) is 5.43 Å². The van der Waals surface area contributed by atoms with Gasteiger partial charge in [0, 0.05) is 19.8 Å². The highest BCUT2D eigenvalue weighted by Gasteiger charge is 2.09. The number of nitrogens with one attached hydrogen (secondary N) is 2. The van der Waals surface area contributed by atoms with Gasteiger partial charge in [-0.2, -0.15) is 15.0 Å². The van der Waals surface area contributed by atoms with E-state index in [1.54, 1.807) is 30.2 Å². The fourth-order valence-electron chi connectivity index (χ4n) is 1.56. The molecule has 1 heterocycles. The standard InChI is InChI=1S/C12H16ClN7O/c1-20(2)12-17-10(16-11(18-12)19-14)15-7-4-5-9(21-3)8(13)6-7/h4-6H,14H2,1-3H3,(H2,15,16,17,18,19). The molecule has 0 radical (unpaired) electrons. The summed E-state index contributed by atoms with van der Waals surface area (Å²) in [5.74, 6) is 7.03. The summed E-state index contributed by atoms with van der Waals surface area (Å²) < 4.78 is 5.10. The molecule has 0 amide bonds. The average Bonchev–Trinajstić information content (AvgIpc) is 2.47. The van der Waals surface area contributed by atoms with E-state index in [-0.39, 0.29) is 5.95 Å². The summed E-state index contributed by atoms with van der Waals surface area (Å²) in [7, 11) is 5.20. The molecule has 0 fully saturated rings. The number of nitrogens with zero attached hydrogens (tertiary/aromatic N) is 4. The van der Waals surface area contributed by atoms with Crippen molar-refractivity contribution in [2.75, 3.05) is 36.8 Å². The molecule has 0 aliphatic heterocycles. The second-order valence-corrected chi connectivity index (χ2v) is 4.70. The lowest BCUT2D eigenvalue weighted by Gasteiger charge is -2.13. The van der Waals surface area contributed by atoms with Crippen LogP contribution in [0.4, 0.5) is 23.5 Å². The number of hydrogen-bond donors (Lipinski definition) is 3. The zero-order valence-electron chi connectivity index (χ0n) is 11.9. The number of ether oxygens (including phenoxy) is 1. The van der Waals surface area contributed by atoms with Crippen molar-refractivity contribution in [2.45, 2.75) is 0 Å². The molecule has 9 heteroatoms. The maximum atomic E-state index is 6.08. The van der Waals surface area contributed by atoms with Crippen molar-refractivity contribution in [1.29, 1.82) is 0 Å². The molecule has 1 aromatic heterocycles. The van der Waals surface area contributed by atoms with Crippen LogP contribution in [0, 0.1) is 0 Å². The first-order chi connectivity index (χ1) is 10.0. The Hall–Kier alpha value is -2.32. The van der Waals surface area contributed by atoms with Crippen molar-refractivity contribution < 1.29 is 4.74 Å². The molecule has 0 aliphatic carbocycles. The maximum Gasteiger partial charge on any atom is 0.243 e. The molecule has 0 unspecified atom stereocenters. The van der Waals surface area contributed by atoms with Crippen molar-refractivity contribution in [2.24, 2.45) is 5.84 Å². The first-order valence-corrected chi connectivity index (χ1v) is 6.42. The zero-order valence-corrected chi connectivity index (χ0v) is 12.6. The number of aromatic nitrogens is 3. The number of benzene rings is 1. The highest BCUT2D eigenvalue weighted by atomic mass is 35.5. The van der Waals surface area contributed by atoms with E-state index in [4.69, 9.17) is 22.2 Å². The summed E-state index contributed by atoms with van der Waals surface area (Å²) in [6.07, 6.45) is 0. The molecule has 0 atom stereocenters. The van der Waals surface area contributed by atoms with Crippen LogP contribution < -0.4 is 26.2 Å². The Morgan fingerprint density at radius 1 is 1.19 bits per heavy atom. The van der Waals surface area contributed by atoms with Gasteiger partial charge in [-0.25, -0.2) is 5.84 Å². The van der Waals surface area contributed by atoms with Crippen LogP contribution in [-0.4, -0.2) is 36.2 Å². The van der Waals surface area contributed by atoms with Crippen LogP contribution in [0.2, 0.25) is 5.02 Å². The SMILES string of the molecule is COc1ccc(Nc2nc(NN)nc(N(C)C)n2)cc1Cl. The average molecular weight is 310 g/mol. The van der Waals surface area contributed by atoms with Crippen LogP contribution in [0.1, 0.15) is 0 Å². The third kappa shape index (κ3) is 3.61. The molecule has 1 aromatic carbocycles. The Bertz CT molecular complexity index is 635. The van der Waals surface area contributed by atoms with Gasteiger partial charge in [0.2, 0.25) is 17.8 Å². The van der Waals surface area contributed by atoms with Crippen molar-refractivity contribution in [3.8, 4) is 5.75 Å². The summed E-state index contributed by atoms with van der Waals surface area (Å²) in [6, 6.07) is 5.27. The number of nitrogens with two attached hydrogens (primary N) is 1. The lowest BCUT2D eigenvalue weighted by Crippen LogP contribution is -2.18. The van der Waals surface area contributed by atoms with Crippen molar-refractivity contribution in [1.82, 2.24) is 15.0 Å². The fraction of sp³-hybridized carbons (Fsp3) is 0.250. The van der Waals surface area contributed by atoms with Gasteiger partial charge < -0.3 is 15.0 Å². The number of hydrogen-bond acceptors (Lipinski definition) is 8. The van der Waals surface area contributed by atoms with Crippen LogP contribution in [0.5, 0.6) is 5.75 Å². The molecule has 2 aromatic rings. The van der Waals surface area contributed by atoms with Crippen LogP contribution in [0.25, 0.3) is 0 Å². The minimum absolute atomic E-state index is 0.260. The van der Waals surface area contributed by atoms with Gasteiger partial charge in [-0.1, -0.05) is 11.6 Å². The predicted molar refractivity (Wildman–Crippen MR) is 83.3 cm³/mol. The second-order valence-electron chi connectivity index (χ2n) is 4.30. The third-order valence-corrected chi connectivity index (χ3v) is 2.86. The van der Waals surface area contributed by atoms with E-state index in [0.29, 0.717) is 22.7 Å². The van der Waals surface area contributed by atoms with E-state index in [2.05, 4.69) is 25.7 Å². The molecule has 0 saturated heterocycles. The van der Waals surface area contributed by atoms with Crippen LogP contribution in [0.15, 0.2) is 18.2 Å². The highest BCUT2D eigenvalue weighted by Crippen LogP contribution is 2.28. The quantitative estimate of drug-likeness (QED) is 0.566. The van der Waals surface area contributed by atoms with E-state index in [0.717, 1.165) is 5.69 Å². The fourth-order valence-corrected chi connectivity index (χ4v) is 1.82. The minimum Gasteiger partial charge on any atom is -0.495 e. The molecular formula is C12H16ClN7O. The number of hydrazine groups is 1. The van der Waals surface area contributed by atoms with Gasteiger partial charge >= 0.3 is 0 Å². The molecule has 21 heavy (non-hydrogen) atoms. The third-order valence-electron chi connectivity index (χ3n) is 2.56. The highest BCUT2D eigenvalue weighted by molar-refractivity contribution is 6.32. The Morgan fingerprint density at radius 2 is 1.90 bits per heavy atom. The Labute approximate surface area is 127 Å².